The summed E-state index contributed by atoms with van der Waals surface area (Å²) in [6.07, 6.45) is 3.71. The molecule has 2 aromatic heterocycles. The molecule has 0 aromatic carbocycles. The van der Waals surface area contributed by atoms with E-state index in [4.69, 9.17) is 0 Å². The van der Waals surface area contributed by atoms with Gasteiger partial charge in [0.2, 0.25) is 5.91 Å². The third kappa shape index (κ3) is 4.44. The highest BCUT2D eigenvalue weighted by atomic mass is 16.2. The van der Waals surface area contributed by atoms with Crippen LogP contribution in [0.4, 0.5) is 11.6 Å². The van der Waals surface area contributed by atoms with Crippen LogP contribution in [0.1, 0.15) is 38.3 Å². The van der Waals surface area contributed by atoms with Crippen LogP contribution in [0.5, 0.6) is 0 Å². The maximum atomic E-state index is 12.7. The zero-order valence-corrected chi connectivity index (χ0v) is 17.7. The minimum absolute atomic E-state index is 0.0369. The number of hydrogen-bond donors (Lipinski definition) is 0. The molecule has 0 atom stereocenters. The summed E-state index contributed by atoms with van der Waals surface area (Å²) in [6.45, 7) is 8.61. The second kappa shape index (κ2) is 8.81. The Hall–Kier alpha value is -2.97. The Morgan fingerprint density at radius 1 is 1.10 bits per heavy atom. The molecule has 0 bridgehead atoms. The summed E-state index contributed by atoms with van der Waals surface area (Å²) in [5.74, 6) is 2.08. The summed E-state index contributed by atoms with van der Waals surface area (Å²) in [4.78, 5) is 35.4. The standard InChI is InChI=1S/C21H29N7O2/c1-3-25(4-2)18-7-8-19(24-23-18)26-9-11-27(12-10-26)21(30)14-28-15-22-17(13-20(28)29)16-5-6-16/h7-8,13,15-16H,3-6,9-12,14H2,1-2H3. The summed E-state index contributed by atoms with van der Waals surface area (Å²) >= 11 is 0. The largest absolute Gasteiger partial charge is 0.356 e. The van der Waals surface area contributed by atoms with Gasteiger partial charge >= 0.3 is 0 Å². The van der Waals surface area contributed by atoms with E-state index in [-0.39, 0.29) is 18.0 Å². The minimum Gasteiger partial charge on any atom is -0.356 e. The minimum atomic E-state index is -0.151. The summed E-state index contributed by atoms with van der Waals surface area (Å²) in [5, 5.41) is 8.72. The SMILES string of the molecule is CCN(CC)c1ccc(N2CCN(C(=O)Cn3cnc(C4CC4)cc3=O)CC2)nn1. The topological polar surface area (TPSA) is 87.5 Å². The highest BCUT2D eigenvalue weighted by molar-refractivity contribution is 5.76. The van der Waals surface area contributed by atoms with Crippen LogP contribution in [0.15, 0.2) is 29.3 Å². The monoisotopic (exact) mass is 411 g/mol. The summed E-state index contributed by atoms with van der Waals surface area (Å²) in [6, 6.07) is 5.56. The number of amides is 1. The van der Waals surface area contributed by atoms with E-state index in [1.54, 1.807) is 11.0 Å². The van der Waals surface area contributed by atoms with Crippen LogP contribution in [-0.2, 0) is 11.3 Å². The predicted octanol–water partition coefficient (Wildman–Crippen LogP) is 1.11. The lowest BCUT2D eigenvalue weighted by Gasteiger charge is -2.35. The summed E-state index contributed by atoms with van der Waals surface area (Å²) in [7, 11) is 0. The van der Waals surface area contributed by atoms with E-state index in [0.717, 1.165) is 43.3 Å². The van der Waals surface area contributed by atoms with Gasteiger partial charge < -0.3 is 14.7 Å². The van der Waals surface area contributed by atoms with Gasteiger partial charge in [-0.25, -0.2) is 4.98 Å². The van der Waals surface area contributed by atoms with Gasteiger partial charge in [0.1, 0.15) is 6.54 Å². The first kappa shape index (κ1) is 20.3. The van der Waals surface area contributed by atoms with Gasteiger partial charge in [0.05, 0.1) is 12.0 Å². The first-order valence-electron chi connectivity index (χ1n) is 10.8. The lowest BCUT2D eigenvalue weighted by Crippen LogP contribution is -2.50. The first-order valence-corrected chi connectivity index (χ1v) is 10.8. The molecule has 2 aromatic rings. The van der Waals surface area contributed by atoms with Gasteiger partial charge in [-0.1, -0.05) is 0 Å². The van der Waals surface area contributed by atoms with Gasteiger partial charge in [-0.05, 0) is 38.8 Å². The number of carbonyl (C=O) groups excluding carboxylic acids is 1. The zero-order chi connectivity index (χ0) is 21.1. The molecule has 1 amide bonds. The van der Waals surface area contributed by atoms with Crippen molar-refractivity contribution in [2.24, 2.45) is 0 Å². The molecule has 0 unspecified atom stereocenters. The second-order valence-electron chi connectivity index (χ2n) is 7.84. The Morgan fingerprint density at radius 2 is 1.83 bits per heavy atom. The van der Waals surface area contributed by atoms with Gasteiger partial charge in [-0.3, -0.25) is 14.2 Å². The fourth-order valence-corrected chi connectivity index (χ4v) is 3.79. The van der Waals surface area contributed by atoms with E-state index in [2.05, 4.69) is 38.8 Å². The van der Waals surface area contributed by atoms with Crippen LogP contribution in [0.3, 0.4) is 0 Å². The quantitative estimate of drug-likeness (QED) is 0.674. The Bertz CT molecular complexity index is 927. The molecule has 4 rings (SSSR count). The van der Waals surface area contributed by atoms with Gasteiger partial charge in [-0.15, -0.1) is 10.2 Å². The molecular weight excluding hydrogens is 382 g/mol. The third-order valence-corrected chi connectivity index (χ3v) is 5.88. The van der Waals surface area contributed by atoms with Gasteiger partial charge in [0.25, 0.3) is 5.56 Å². The van der Waals surface area contributed by atoms with Crippen molar-refractivity contribution in [3.8, 4) is 0 Å². The van der Waals surface area contributed by atoms with Crippen molar-refractivity contribution in [2.75, 3.05) is 49.1 Å². The number of anilines is 2. The molecule has 9 heteroatoms. The van der Waals surface area contributed by atoms with Crippen LogP contribution >= 0.6 is 0 Å². The van der Waals surface area contributed by atoms with Crippen molar-refractivity contribution >= 4 is 17.5 Å². The smallest absolute Gasteiger partial charge is 0.254 e. The molecule has 2 fully saturated rings. The molecule has 160 valence electrons. The van der Waals surface area contributed by atoms with Crippen molar-refractivity contribution in [2.45, 2.75) is 39.2 Å². The molecule has 1 aliphatic heterocycles. The molecule has 1 saturated heterocycles. The first-order chi connectivity index (χ1) is 14.6. The van der Waals surface area contributed by atoms with E-state index in [9.17, 15) is 9.59 Å². The Labute approximate surface area is 176 Å². The molecule has 3 heterocycles. The third-order valence-electron chi connectivity index (χ3n) is 5.88. The van der Waals surface area contributed by atoms with Gasteiger partial charge in [0, 0.05) is 51.3 Å². The lowest BCUT2D eigenvalue weighted by atomic mass is 10.3. The normalized spacial score (nSPS) is 16.6. The number of aromatic nitrogens is 4. The number of rotatable bonds is 7. The number of nitrogens with zero attached hydrogens (tertiary/aromatic N) is 7. The molecule has 1 saturated carbocycles. The van der Waals surface area contributed by atoms with Crippen LogP contribution in [0.25, 0.3) is 0 Å². The highest BCUT2D eigenvalue weighted by Gasteiger charge is 2.26. The molecule has 1 aliphatic carbocycles. The molecule has 9 nitrogen and oxygen atoms in total. The molecule has 30 heavy (non-hydrogen) atoms. The molecule has 0 N–H and O–H groups in total. The number of hydrogen-bond acceptors (Lipinski definition) is 7. The lowest BCUT2D eigenvalue weighted by molar-refractivity contribution is -0.132. The van der Waals surface area contributed by atoms with Crippen molar-refractivity contribution < 1.29 is 4.79 Å². The highest BCUT2D eigenvalue weighted by Crippen LogP contribution is 2.38. The average Bonchev–Trinajstić information content (AvgIpc) is 3.62. The Kier molecular flexibility index (Phi) is 5.96. The Balaban J connectivity index is 1.32. The average molecular weight is 412 g/mol. The number of piperazine rings is 1. The predicted molar refractivity (Wildman–Crippen MR) is 115 cm³/mol. The van der Waals surface area contributed by atoms with Crippen molar-refractivity contribution in [3.63, 3.8) is 0 Å². The van der Waals surface area contributed by atoms with Gasteiger partial charge in [-0.2, -0.15) is 0 Å². The summed E-state index contributed by atoms with van der Waals surface area (Å²) < 4.78 is 1.40. The fraction of sp³-hybridized carbons (Fsp3) is 0.571. The van der Waals surface area contributed by atoms with Crippen molar-refractivity contribution in [1.82, 2.24) is 24.6 Å². The molecular formula is C21H29N7O2. The van der Waals surface area contributed by atoms with E-state index < -0.39 is 0 Å². The molecule has 0 radical (unpaired) electrons. The maximum Gasteiger partial charge on any atom is 0.254 e. The van der Waals surface area contributed by atoms with Crippen molar-refractivity contribution in [1.29, 1.82) is 0 Å². The van der Waals surface area contributed by atoms with Gasteiger partial charge in [0.15, 0.2) is 11.6 Å². The van der Waals surface area contributed by atoms with E-state index in [1.807, 2.05) is 12.1 Å². The van der Waals surface area contributed by atoms with E-state index >= 15 is 0 Å². The van der Waals surface area contributed by atoms with Crippen molar-refractivity contribution in [3.05, 3.63) is 40.6 Å². The second-order valence-corrected chi connectivity index (χ2v) is 7.84. The maximum absolute atomic E-state index is 12.7. The fourth-order valence-electron chi connectivity index (χ4n) is 3.79. The molecule has 2 aliphatic rings. The van der Waals surface area contributed by atoms with E-state index in [1.165, 1.54) is 10.9 Å². The Morgan fingerprint density at radius 3 is 2.40 bits per heavy atom. The van der Waals surface area contributed by atoms with Crippen LogP contribution in [0, 0.1) is 0 Å². The summed E-state index contributed by atoms with van der Waals surface area (Å²) in [5.41, 5.74) is 0.702. The van der Waals surface area contributed by atoms with Crippen LogP contribution in [-0.4, -0.2) is 69.8 Å². The van der Waals surface area contributed by atoms with Crippen LogP contribution in [0.2, 0.25) is 0 Å². The number of carbonyl (C=O) groups is 1. The zero-order valence-electron chi connectivity index (χ0n) is 17.7. The molecule has 0 spiro atoms. The van der Waals surface area contributed by atoms with Crippen LogP contribution < -0.4 is 15.4 Å². The van der Waals surface area contributed by atoms with E-state index in [0.29, 0.717) is 32.1 Å².